The lowest BCUT2D eigenvalue weighted by atomic mass is 10.2. The van der Waals surface area contributed by atoms with Crippen LogP contribution in [-0.4, -0.2) is 39.4 Å². The lowest BCUT2D eigenvalue weighted by Gasteiger charge is -2.11. The van der Waals surface area contributed by atoms with Crippen molar-refractivity contribution in [3.8, 4) is 0 Å². The van der Waals surface area contributed by atoms with Gasteiger partial charge in [0.05, 0.1) is 17.7 Å². The first kappa shape index (κ1) is 22.0. The third-order valence-electron chi connectivity index (χ3n) is 5.83. The quantitative estimate of drug-likeness (QED) is 0.209. The Kier molecular flexibility index (Phi) is 6.50. The summed E-state index contributed by atoms with van der Waals surface area (Å²) in [5.74, 6) is 0.268. The lowest BCUT2D eigenvalue weighted by molar-refractivity contribution is 0.102. The van der Waals surface area contributed by atoms with Crippen molar-refractivity contribution in [3.05, 3.63) is 56.5 Å². The molecule has 8 heteroatoms. The highest BCUT2D eigenvalue weighted by Crippen LogP contribution is 2.35. The van der Waals surface area contributed by atoms with Gasteiger partial charge in [0, 0.05) is 42.0 Å². The number of hydrogen-bond acceptors (Lipinski definition) is 6. The molecule has 0 aromatic carbocycles. The molecule has 0 saturated heterocycles. The Labute approximate surface area is 189 Å². The molecular weight excluding hydrogens is 430 g/mol. The molecule has 0 bridgehead atoms. The number of ketones is 1. The van der Waals surface area contributed by atoms with E-state index in [1.807, 2.05) is 19.9 Å². The first-order valence-corrected chi connectivity index (χ1v) is 12.2. The molecule has 3 aromatic heterocycles. The van der Waals surface area contributed by atoms with Crippen molar-refractivity contribution in [3.63, 3.8) is 0 Å². The predicted molar refractivity (Wildman–Crippen MR) is 127 cm³/mol. The number of aromatic nitrogens is 3. The van der Waals surface area contributed by atoms with Crippen LogP contribution in [0.1, 0.15) is 38.6 Å². The first-order chi connectivity index (χ1) is 15.0. The maximum absolute atomic E-state index is 13.2. The van der Waals surface area contributed by atoms with Crippen molar-refractivity contribution in [2.24, 2.45) is 0 Å². The number of rotatable bonds is 9. The van der Waals surface area contributed by atoms with E-state index in [4.69, 9.17) is 9.72 Å². The molecule has 0 fully saturated rings. The van der Waals surface area contributed by atoms with Crippen molar-refractivity contribution in [2.45, 2.75) is 51.4 Å². The third kappa shape index (κ3) is 4.04. The normalized spacial score (nSPS) is 13.1. The monoisotopic (exact) mass is 457 g/mol. The van der Waals surface area contributed by atoms with Gasteiger partial charge in [0.1, 0.15) is 4.83 Å². The van der Waals surface area contributed by atoms with Crippen LogP contribution >= 0.6 is 23.1 Å². The molecular formula is C23H27N3O3S2. The summed E-state index contributed by atoms with van der Waals surface area (Å²) in [6.07, 6.45) is 4.78. The van der Waals surface area contributed by atoms with Gasteiger partial charge in [-0.05, 0) is 44.7 Å². The van der Waals surface area contributed by atoms with E-state index in [2.05, 4.69) is 11.1 Å². The molecule has 0 saturated carbocycles. The lowest BCUT2D eigenvalue weighted by Crippen LogP contribution is -2.23. The number of methoxy groups -OCH3 is 1. The van der Waals surface area contributed by atoms with Crippen molar-refractivity contribution >= 4 is 39.1 Å². The fourth-order valence-corrected chi connectivity index (χ4v) is 6.47. The minimum absolute atomic E-state index is 0.0167. The molecule has 0 atom stereocenters. The number of thioether (sulfide) groups is 1. The zero-order chi connectivity index (χ0) is 22.1. The van der Waals surface area contributed by atoms with Crippen LogP contribution in [0.5, 0.6) is 0 Å². The van der Waals surface area contributed by atoms with Crippen LogP contribution in [-0.2, 0) is 30.7 Å². The van der Waals surface area contributed by atoms with E-state index < -0.39 is 0 Å². The number of Topliss-reactive ketones (excluding diaryl/α,β-unsaturated/α-hetero) is 1. The SMILES string of the molecule is C=CCn1c(SCC(=O)c2cc(C)n(CCOC)c2C)nc2sc3c(c2c1=O)CCC3. The van der Waals surface area contributed by atoms with Crippen LogP contribution < -0.4 is 5.56 Å². The summed E-state index contributed by atoms with van der Waals surface area (Å²) in [6, 6.07) is 1.94. The molecule has 164 valence electrons. The minimum atomic E-state index is -0.0167. The molecule has 0 radical (unpaired) electrons. The van der Waals surface area contributed by atoms with Gasteiger partial charge < -0.3 is 9.30 Å². The summed E-state index contributed by atoms with van der Waals surface area (Å²) >= 11 is 2.95. The number of carbonyl (C=O) groups excluding carboxylic acids is 1. The summed E-state index contributed by atoms with van der Waals surface area (Å²) in [4.78, 5) is 33.1. The van der Waals surface area contributed by atoms with Crippen molar-refractivity contribution in [1.82, 2.24) is 14.1 Å². The van der Waals surface area contributed by atoms with E-state index in [0.717, 1.165) is 46.4 Å². The van der Waals surface area contributed by atoms with Crippen molar-refractivity contribution < 1.29 is 9.53 Å². The zero-order valence-electron chi connectivity index (χ0n) is 18.2. The summed E-state index contributed by atoms with van der Waals surface area (Å²) < 4.78 is 8.93. The predicted octanol–water partition coefficient (Wildman–Crippen LogP) is 4.17. The number of thiophene rings is 1. The van der Waals surface area contributed by atoms with Crippen LogP contribution in [0.3, 0.4) is 0 Å². The number of allylic oxidation sites excluding steroid dienone is 1. The maximum atomic E-state index is 13.2. The van der Waals surface area contributed by atoms with Crippen molar-refractivity contribution in [1.29, 1.82) is 0 Å². The van der Waals surface area contributed by atoms with Crippen LogP contribution in [0.2, 0.25) is 0 Å². The molecule has 1 aliphatic carbocycles. The summed E-state index contributed by atoms with van der Waals surface area (Å²) in [6.45, 7) is 9.46. The number of hydrogen-bond donors (Lipinski definition) is 0. The number of ether oxygens (including phenoxy) is 1. The fourth-order valence-electron chi connectivity index (χ4n) is 4.28. The van der Waals surface area contributed by atoms with Crippen LogP contribution in [0.25, 0.3) is 10.2 Å². The highest BCUT2D eigenvalue weighted by molar-refractivity contribution is 7.99. The van der Waals surface area contributed by atoms with Crippen LogP contribution in [0.4, 0.5) is 0 Å². The van der Waals surface area contributed by atoms with Gasteiger partial charge in [-0.15, -0.1) is 17.9 Å². The van der Waals surface area contributed by atoms with Crippen molar-refractivity contribution in [2.75, 3.05) is 19.5 Å². The van der Waals surface area contributed by atoms with Gasteiger partial charge in [-0.1, -0.05) is 17.8 Å². The standard InChI is InChI=1S/C23H27N3O3S2/c1-5-9-26-22(28)20-16-7-6-8-19(16)31-21(20)24-23(26)30-13-18(27)17-12-14(2)25(15(17)3)10-11-29-4/h5,12H,1,6-11,13H2,2-4H3. The van der Waals surface area contributed by atoms with Crippen LogP contribution in [0.15, 0.2) is 28.7 Å². The topological polar surface area (TPSA) is 66.1 Å². The molecule has 3 heterocycles. The number of aryl methyl sites for hydroxylation is 3. The van der Waals surface area contributed by atoms with E-state index in [-0.39, 0.29) is 17.1 Å². The number of carbonyl (C=O) groups is 1. The van der Waals surface area contributed by atoms with Gasteiger partial charge in [0.25, 0.3) is 5.56 Å². The minimum Gasteiger partial charge on any atom is -0.383 e. The molecule has 31 heavy (non-hydrogen) atoms. The largest absolute Gasteiger partial charge is 0.383 e. The molecule has 0 spiro atoms. The molecule has 0 aliphatic heterocycles. The summed E-state index contributed by atoms with van der Waals surface area (Å²) in [5, 5.41) is 1.34. The van der Waals surface area contributed by atoms with Gasteiger partial charge in [-0.2, -0.15) is 0 Å². The van der Waals surface area contributed by atoms with E-state index in [1.165, 1.54) is 22.2 Å². The summed E-state index contributed by atoms with van der Waals surface area (Å²) in [5.41, 5.74) is 3.86. The second kappa shape index (κ2) is 9.14. The summed E-state index contributed by atoms with van der Waals surface area (Å²) in [7, 11) is 1.67. The molecule has 0 amide bonds. The second-order valence-electron chi connectivity index (χ2n) is 7.78. The fraction of sp³-hybridized carbons (Fsp3) is 0.435. The molecule has 6 nitrogen and oxygen atoms in total. The molecule has 0 unspecified atom stereocenters. The smallest absolute Gasteiger partial charge is 0.263 e. The average Bonchev–Trinajstić information content (AvgIpc) is 3.40. The van der Waals surface area contributed by atoms with E-state index in [9.17, 15) is 9.59 Å². The average molecular weight is 458 g/mol. The Bertz CT molecular complexity index is 1220. The highest BCUT2D eigenvalue weighted by Gasteiger charge is 2.24. The van der Waals surface area contributed by atoms with Gasteiger partial charge in [-0.3, -0.25) is 14.2 Å². The van der Waals surface area contributed by atoms with Gasteiger partial charge in [0.15, 0.2) is 10.9 Å². The third-order valence-corrected chi connectivity index (χ3v) is 7.99. The Morgan fingerprint density at radius 1 is 1.35 bits per heavy atom. The molecule has 4 rings (SSSR count). The highest BCUT2D eigenvalue weighted by atomic mass is 32.2. The Morgan fingerprint density at radius 3 is 2.90 bits per heavy atom. The number of nitrogens with zero attached hydrogens (tertiary/aromatic N) is 3. The molecule has 3 aromatic rings. The van der Waals surface area contributed by atoms with Crippen LogP contribution in [0, 0.1) is 13.8 Å². The zero-order valence-corrected chi connectivity index (χ0v) is 19.8. The Hall–Kier alpha value is -2.16. The Balaban J connectivity index is 1.62. The second-order valence-corrected chi connectivity index (χ2v) is 9.80. The maximum Gasteiger partial charge on any atom is 0.263 e. The van der Waals surface area contributed by atoms with E-state index >= 15 is 0 Å². The number of fused-ring (bicyclic) bond motifs is 3. The van der Waals surface area contributed by atoms with Gasteiger partial charge in [0.2, 0.25) is 0 Å². The van der Waals surface area contributed by atoms with E-state index in [0.29, 0.717) is 24.9 Å². The first-order valence-electron chi connectivity index (χ1n) is 10.4. The Morgan fingerprint density at radius 2 is 2.16 bits per heavy atom. The van der Waals surface area contributed by atoms with Gasteiger partial charge in [-0.25, -0.2) is 4.98 Å². The molecule has 0 N–H and O–H groups in total. The molecule has 1 aliphatic rings. The van der Waals surface area contributed by atoms with Gasteiger partial charge >= 0.3 is 0 Å². The van der Waals surface area contributed by atoms with E-state index in [1.54, 1.807) is 29.1 Å².